The third-order valence-electron chi connectivity index (χ3n) is 2.31. The normalized spacial score (nSPS) is 10.3. The highest BCUT2D eigenvalue weighted by atomic mass is 16.5. The van der Waals surface area contributed by atoms with E-state index in [1.807, 2.05) is 44.2 Å². The van der Waals surface area contributed by atoms with Crippen molar-refractivity contribution >= 4 is 0 Å². The molecule has 0 amide bonds. The Morgan fingerprint density at radius 1 is 1.20 bits per heavy atom. The van der Waals surface area contributed by atoms with Crippen molar-refractivity contribution in [1.82, 2.24) is 9.66 Å². The van der Waals surface area contributed by atoms with Gasteiger partial charge in [-0.3, -0.25) is 0 Å². The topological polar surface area (TPSA) is 53.1 Å². The summed E-state index contributed by atoms with van der Waals surface area (Å²) < 4.78 is 6.98. The molecule has 0 aliphatic carbocycles. The van der Waals surface area contributed by atoms with Gasteiger partial charge in [0.1, 0.15) is 5.75 Å². The van der Waals surface area contributed by atoms with Crippen LogP contribution in [-0.2, 0) is 0 Å². The van der Waals surface area contributed by atoms with Gasteiger partial charge in [-0.1, -0.05) is 18.2 Å². The van der Waals surface area contributed by atoms with Crippen LogP contribution in [0.1, 0.15) is 11.4 Å². The Kier molecular flexibility index (Phi) is 2.33. The second kappa shape index (κ2) is 3.65. The highest BCUT2D eigenvalue weighted by molar-refractivity contribution is 5.26. The summed E-state index contributed by atoms with van der Waals surface area (Å²) in [5.41, 5.74) is 1.78. The van der Waals surface area contributed by atoms with Crippen LogP contribution in [0.25, 0.3) is 0 Å². The van der Waals surface area contributed by atoms with Crippen LogP contribution in [-0.4, -0.2) is 9.66 Å². The van der Waals surface area contributed by atoms with E-state index in [1.165, 1.54) is 4.68 Å². The van der Waals surface area contributed by atoms with E-state index in [1.54, 1.807) is 0 Å². The van der Waals surface area contributed by atoms with Crippen LogP contribution in [0.4, 0.5) is 0 Å². The molecule has 4 nitrogen and oxygen atoms in total. The molecule has 78 valence electrons. The number of rotatable bonds is 2. The molecule has 0 saturated heterocycles. The average Bonchev–Trinajstić information content (AvgIpc) is 2.48. The van der Waals surface area contributed by atoms with E-state index in [0.29, 0.717) is 6.01 Å². The van der Waals surface area contributed by atoms with E-state index < -0.39 is 0 Å². The number of aryl methyl sites for hydroxylation is 1. The average molecular weight is 203 g/mol. The monoisotopic (exact) mass is 203 g/mol. The molecule has 1 aromatic heterocycles. The quantitative estimate of drug-likeness (QED) is 0.759. The molecule has 0 atom stereocenters. The van der Waals surface area contributed by atoms with Gasteiger partial charge in [-0.2, -0.15) is 4.98 Å². The Morgan fingerprint density at radius 3 is 2.40 bits per heavy atom. The molecule has 0 bridgehead atoms. The van der Waals surface area contributed by atoms with Crippen LogP contribution in [0.15, 0.2) is 30.3 Å². The molecule has 0 spiro atoms. The van der Waals surface area contributed by atoms with Crippen molar-refractivity contribution in [3.63, 3.8) is 0 Å². The van der Waals surface area contributed by atoms with E-state index in [4.69, 9.17) is 10.6 Å². The second-order valence-corrected chi connectivity index (χ2v) is 3.35. The molecule has 0 fully saturated rings. The van der Waals surface area contributed by atoms with Gasteiger partial charge in [-0.15, -0.1) is 0 Å². The first-order valence-corrected chi connectivity index (χ1v) is 4.72. The van der Waals surface area contributed by atoms with Crippen LogP contribution < -0.4 is 10.6 Å². The number of nitrogen functional groups attached to an aromatic ring is 1. The minimum atomic E-state index is 0.413. The number of nitrogens with two attached hydrogens (primary N) is 1. The minimum absolute atomic E-state index is 0.413. The van der Waals surface area contributed by atoms with Gasteiger partial charge in [0.25, 0.3) is 0 Å². The van der Waals surface area contributed by atoms with Crippen LogP contribution in [0.2, 0.25) is 0 Å². The van der Waals surface area contributed by atoms with Crippen molar-refractivity contribution in [2.24, 2.45) is 0 Å². The fourth-order valence-electron chi connectivity index (χ4n) is 1.26. The van der Waals surface area contributed by atoms with Crippen molar-refractivity contribution in [1.29, 1.82) is 0 Å². The summed E-state index contributed by atoms with van der Waals surface area (Å²) >= 11 is 0. The fraction of sp³-hybridized carbons (Fsp3) is 0.182. The van der Waals surface area contributed by atoms with E-state index in [2.05, 4.69) is 4.98 Å². The first-order chi connectivity index (χ1) is 7.18. The highest BCUT2D eigenvalue weighted by Crippen LogP contribution is 2.20. The summed E-state index contributed by atoms with van der Waals surface area (Å²) in [5.74, 6) is 6.51. The van der Waals surface area contributed by atoms with Crippen molar-refractivity contribution in [2.45, 2.75) is 13.8 Å². The van der Waals surface area contributed by atoms with Crippen LogP contribution in [0.3, 0.4) is 0 Å². The van der Waals surface area contributed by atoms with Crippen LogP contribution in [0.5, 0.6) is 11.8 Å². The number of nitrogens with zero attached hydrogens (tertiary/aromatic N) is 2. The molecule has 2 aromatic rings. The molecule has 0 radical (unpaired) electrons. The molecule has 1 aromatic carbocycles. The summed E-state index contributed by atoms with van der Waals surface area (Å²) in [6.45, 7) is 3.80. The molecule has 0 aliphatic heterocycles. The Hall–Kier alpha value is -1.97. The van der Waals surface area contributed by atoms with Gasteiger partial charge in [-0.25, -0.2) is 4.68 Å². The molecule has 0 unspecified atom stereocenters. The van der Waals surface area contributed by atoms with E-state index in [0.717, 1.165) is 17.1 Å². The first-order valence-electron chi connectivity index (χ1n) is 4.72. The Morgan fingerprint density at radius 2 is 1.87 bits per heavy atom. The summed E-state index contributed by atoms with van der Waals surface area (Å²) in [6, 6.07) is 9.87. The van der Waals surface area contributed by atoms with Gasteiger partial charge in [0.15, 0.2) is 0 Å². The Bertz CT molecular complexity index is 462. The predicted molar refractivity (Wildman–Crippen MR) is 58.4 cm³/mol. The number of para-hydroxylation sites is 1. The van der Waals surface area contributed by atoms with E-state index >= 15 is 0 Å². The lowest BCUT2D eigenvalue weighted by Crippen LogP contribution is -2.11. The van der Waals surface area contributed by atoms with Crippen molar-refractivity contribution in [2.75, 3.05) is 5.84 Å². The molecular formula is C11H13N3O. The summed E-state index contributed by atoms with van der Waals surface area (Å²) in [7, 11) is 0. The van der Waals surface area contributed by atoms with E-state index in [9.17, 15) is 0 Å². The number of hydrogen-bond acceptors (Lipinski definition) is 3. The van der Waals surface area contributed by atoms with Gasteiger partial charge >= 0.3 is 6.01 Å². The number of aromatic nitrogens is 2. The molecular weight excluding hydrogens is 190 g/mol. The lowest BCUT2D eigenvalue weighted by Gasteiger charge is -2.04. The van der Waals surface area contributed by atoms with Crippen molar-refractivity contribution in [3.8, 4) is 11.8 Å². The molecule has 0 aliphatic rings. The second-order valence-electron chi connectivity index (χ2n) is 3.35. The van der Waals surface area contributed by atoms with Gasteiger partial charge < -0.3 is 10.6 Å². The third kappa shape index (κ3) is 1.79. The highest BCUT2D eigenvalue weighted by Gasteiger charge is 2.09. The summed E-state index contributed by atoms with van der Waals surface area (Å²) in [5, 5.41) is 0. The van der Waals surface area contributed by atoms with Crippen molar-refractivity contribution < 1.29 is 4.74 Å². The first kappa shape index (κ1) is 9.58. The number of hydrogen-bond donors (Lipinski definition) is 1. The van der Waals surface area contributed by atoms with Gasteiger partial charge in [-0.05, 0) is 26.0 Å². The predicted octanol–water partition coefficient (Wildman–Crippen LogP) is 2.01. The standard InChI is InChI=1S/C11H13N3O/c1-8-9(2)14(12)11(13-8)15-10-6-4-3-5-7-10/h3-7H,12H2,1-2H3. The molecule has 4 heteroatoms. The fourth-order valence-corrected chi connectivity index (χ4v) is 1.26. The summed E-state index contributed by atoms with van der Waals surface area (Å²) in [4.78, 5) is 4.22. The smallest absolute Gasteiger partial charge is 0.321 e. The largest absolute Gasteiger partial charge is 0.424 e. The Labute approximate surface area is 88.3 Å². The summed E-state index contributed by atoms with van der Waals surface area (Å²) in [6.07, 6.45) is 0. The maximum Gasteiger partial charge on any atom is 0.321 e. The molecule has 2 rings (SSSR count). The number of benzene rings is 1. The molecule has 0 saturated carbocycles. The third-order valence-corrected chi connectivity index (χ3v) is 2.31. The van der Waals surface area contributed by atoms with Gasteiger partial charge in [0, 0.05) is 0 Å². The lowest BCUT2D eigenvalue weighted by molar-refractivity contribution is 0.428. The van der Waals surface area contributed by atoms with Gasteiger partial charge in [0.2, 0.25) is 0 Å². The zero-order chi connectivity index (χ0) is 10.8. The van der Waals surface area contributed by atoms with Gasteiger partial charge in [0.05, 0.1) is 11.4 Å². The number of ether oxygens (including phenoxy) is 1. The lowest BCUT2D eigenvalue weighted by atomic mass is 10.3. The van der Waals surface area contributed by atoms with E-state index in [-0.39, 0.29) is 0 Å². The maximum absolute atomic E-state index is 5.78. The maximum atomic E-state index is 5.78. The zero-order valence-corrected chi connectivity index (χ0v) is 8.77. The molecule has 1 heterocycles. The van der Waals surface area contributed by atoms with Crippen molar-refractivity contribution in [3.05, 3.63) is 41.7 Å². The zero-order valence-electron chi connectivity index (χ0n) is 8.77. The number of imidazole rings is 1. The van der Waals surface area contributed by atoms with Crippen LogP contribution >= 0.6 is 0 Å². The Balaban J connectivity index is 2.29. The van der Waals surface area contributed by atoms with Crippen LogP contribution in [0, 0.1) is 13.8 Å². The minimum Gasteiger partial charge on any atom is -0.424 e. The molecule has 2 N–H and O–H groups in total. The molecule has 15 heavy (non-hydrogen) atoms. The SMILES string of the molecule is Cc1nc(Oc2ccccc2)n(N)c1C.